The largest absolute Gasteiger partial charge is 0.488 e. The van der Waals surface area contributed by atoms with Crippen LogP contribution in [0.25, 0.3) is 0 Å². The normalized spacial score (nSPS) is 11.9. The molecule has 0 bridgehead atoms. The van der Waals surface area contributed by atoms with Crippen molar-refractivity contribution in [1.82, 2.24) is 5.32 Å². The Morgan fingerprint density at radius 1 is 1.20 bits per heavy atom. The Kier molecular flexibility index (Phi) is 5.63. The molecule has 2 aromatic rings. The third-order valence-corrected chi connectivity index (χ3v) is 3.27. The maximum atomic E-state index is 13.3. The van der Waals surface area contributed by atoms with E-state index < -0.39 is 17.6 Å². The molecular weight excluding hydrogens is 335 g/mol. The van der Waals surface area contributed by atoms with Crippen LogP contribution in [0.2, 0.25) is 0 Å². The second-order valence-electron chi connectivity index (χ2n) is 5.05. The van der Waals surface area contributed by atoms with Gasteiger partial charge in [0.05, 0.1) is 5.56 Å². The summed E-state index contributed by atoms with van der Waals surface area (Å²) in [6, 6.07) is 11.9. The molecule has 5 nitrogen and oxygen atoms in total. The minimum atomic E-state index is -4.67. The summed E-state index contributed by atoms with van der Waals surface area (Å²) in [4.78, 5) is 15.4. The van der Waals surface area contributed by atoms with E-state index in [9.17, 15) is 18.0 Å². The van der Waals surface area contributed by atoms with Crippen molar-refractivity contribution >= 4 is 11.9 Å². The van der Waals surface area contributed by atoms with Crippen LogP contribution in [0.1, 0.15) is 21.5 Å². The summed E-state index contributed by atoms with van der Waals surface area (Å²) < 4.78 is 45.1. The molecule has 0 aromatic heterocycles. The summed E-state index contributed by atoms with van der Waals surface area (Å²) in [5, 5.41) is 2.18. The molecule has 2 rings (SSSR count). The van der Waals surface area contributed by atoms with Crippen LogP contribution >= 0.6 is 0 Å². The van der Waals surface area contributed by atoms with Crippen molar-refractivity contribution in [1.29, 1.82) is 0 Å². The zero-order valence-corrected chi connectivity index (χ0v) is 13.3. The summed E-state index contributed by atoms with van der Waals surface area (Å²) >= 11 is 0. The highest BCUT2D eigenvalue weighted by atomic mass is 19.4. The highest BCUT2D eigenvalue weighted by Crippen LogP contribution is 2.37. The molecule has 0 aliphatic carbocycles. The predicted octanol–water partition coefficient (Wildman–Crippen LogP) is 2.96. The van der Waals surface area contributed by atoms with E-state index in [4.69, 9.17) is 10.5 Å². The number of nitrogens with zero attached hydrogens (tertiary/aromatic N) is 1. The number of ether oxygens (including phenoxy) is 1. The fourth-order valence-corrected chi connectivity index (χ4v) is 2.00. The molecule has 0 spiro atoms. The number of hydrogen-bond acceptors (Lipinski definition) is 3. The Morgan fingerprint density at radius 3 is 2.48 bits per heavy atom. The van der Waals surface area contributed by atoms with Crippen LogP contribution in [-0.2, 0) is 12.8 Å². The van der Waals surface area contributed by atoms with Gasteiger partial charge in [0.1, 0.15) is 12.4 Å². The second-order valence-corrected chi connectivity index (χ2v) is 5.05. The molecule has 3 N–H and O–H groups in total. The minimum absolute atomic E-state index is 0.0229. The van der Waals surface area contributed by atoms with Gasteiger partial charge < -0.3 is 10.5 Å². The van der Waals surface area contributed by atoms with E-state index in [0.717, 1.165) is 17.7 Å². The van der Waals surface area contributed by atoms with E-state index in [0.29, 0.717) is 0 Å². The first-order valence-corrected chi connectivity index (χ1v) is 7.23. The molecule has 1 amide bonds. The highest BCUT2D eigenvalue weighted by Gasteiger charge is 2.35. The van der Waals surface area contributed by atoms with Gasteiger partial charge >= 0.3 is 6.18 Å². The van der Waals surface area contributed by atoms with Gasteiger partial charge in [-0.3, -0.25) is 15.1 Å². The third kappa shape index (κ3) is 4.97. The molecule has 0 radical (unpaired) electrons. The summed E-state index contributed by atoms with van der Waals surface area (Å²) in [5.74, 6) is -1.34. The van der Waals surface area contributed by atoms with Gasteiger partial charge in [-0.2, -0.15) is 13.2 Å². The summed E-state index contributed by atoms with van der Waals surface area (Å²) in [5.41, 5.74) is 4.83. The van der Waals surface area contributed by atoms with Crippen molar-refractivity contribution in [3.8, 4) is 5.75 Å². The number of guanidine groups is 1. The van der Waals surface area contributed by atoms with Crippen molar-refractivity contribution in [2.45, 2.75) is 12.8 Å². The molecule has 2 aromatic carbocycles. The van der Waals surface area contributed by atoms with Gasteiger partial charge in [0.25, 0.3) is 5.91 Å². The van der Waals surface area contributed by atoms with Gasteiger partial charge in [-0.15, -0.1) is 0 Å². The predicted molar refractivity (Wildman–Crippen MR) is 87.2 cm³/mol. The first kappa shape index (κ1) is 18.3. The first-order valence-electron chi connectivity index (χ1n) is 7.23. The lowest BCUT2D eigenvalue weighted by atomic mass is 10.1. The van der Waals surface area contributed by atoms with Crippen LogP contribution in [0.15, 0.2) is 53.5 Å². The number of rotatable bonds is 4. The average molecular weight is 351 g/mol. The summed E-state index contributed by atoms with van der Waals surface area (Å²) in [6.45, 7) is -0.0229. The van der Waals surface area contributed by atoms with E-state index in [2.05, 4.69) is 10.3 Å². The van der Waals surface area contributed by atoms with Crippen LogP contribution in [-0.4, -0.2) is 18.9 Å². The van der Waals surface area contributed by atoms with E-state index in [1.807, 2.05) is 0 Å². The van der Waals surface area contributed by atoms with Crippen LogP contribution in [0.4, 0.5) is 13.2 Å². The minimum Gasteiger partial charge on any atom is -0.488 e. The van der Waals surface area contributed by atoms with Gasteiger partial charge in [-0.1, -0.05) is 30.3 Å². The van der Waals surface area contributed by atoms with Crippen LogP contribution in [0, 0.1) is 0 Å². The van der Waals surface area contributed by atoms with E-state index >= 15 is 0 Å². The standard InChI is InChI=1S/C17H16F3N3O2/c1-22-16(21)23-15(24)12-7-8-14(13(9-12)17(18,19)20)25-10-11-5-3-2-4-6-11/h2-9H,10H2,1H3,(H3,21,22,23,24). The Balaban J connectivity index is 2.26. The number of amides is 1. The fraction of sp³-hybridized carbons (Fsp3) is 0.176. The smallest absolute Gasteiger partial charge is 0.419 e. The lowest BCUT2D eigenvalue weighted by molar-refractivity contribution is -0.139. The fourth-order valence-electron chi connectivity index (χ4n) is 2.00. The topological polar surface area (TPSA) is 76.7 Å². The molecule has 0 fully saturated rings. The number of aliphatic imine (C=N–C) groups is 1. The Hall–Kier alpha value is -3.03. The zero-order valence-electron chi connectivity index (χ0n) is 13.3. The first-order chi connectivity index (χ1) is 11.8. The molecule has 0 saturated carbocycles. The van der Waals surface area contributed by atoms with Crippen molar-refractivity contribution in [3.63, 3.8) is 0 Å². The van der Waals surface area contributed by atoms with Crippen molar-refractivity contribution in [3.05, 3.63) is 65.2 Å². The molecule has 8 heteroatoms. The SMILES string of the molecule is CN=C(N)NC(=O)c1ccc(OCc2ccccc2)c(C(F)(F)F)c1. The highest BCUT2D eigenvalue weighted by molar-refractivity contribution is 6.05. The number of alkyl halides is 3. The number of nitrogens with one attached hydrogen (secondary N) is 1. The van der Waals surface area contributed by atoms with Gasteiger partial charge in [0, 0.05) is 12.6 Å². The maximum Gasteiger partial charge on any atom is 0.419 e. The molecule has 25 heavy (non-hydrogen) atoms. The summed E-state index contributed by atoms with van der Waals surface area (Å²) in [7, 11) is 1.34. The van der Waals surface area contributed by atoms with Crippen molar-refractivity contribution in [2.75, 3.05) is 7.05 Å². The van der Waals surface area contributed by atoms with Gasteiger partial charge in [0.2, 0.25) is 0 Å². The van der Waals surface area contributed by atoms with Gasteiger partial charge in [-0.05, 0) is 23.8 Å². The zero-order chi connectivity index (χ0) is 18.4. The Bertz CT molecular complexity index is 774. The molecule has 0 heterocycles. The van der Waals surface area contributed by atoms with Crippen molar-refractivity contribution in [2.24, 2.45) is 10.7 Å². The quantitative estimate of drug-likeness (QED) is 0.657. The van der Waals surface area contributed by atoms with Crippen LogP contribution < -0.4 is 15.8 Å². The average Bonchev–Trinajstić information content (AvgIpc) is 2.59. The molecule has 0 atom stereocenters. The van der Waals surface area contributed by atoms with Crippen LogP contribution in [0.3, 0.4) is 0 Å². The number of nitrogens with two attached hydrogens (primary N) is 1. The third-order valence-electron chi connectivity index (χ3n) is 3.27. The summed E-state index contributed by atoms with van der Waals surface area (Å²) in [6.07, 6.45) is -4.67. The maximum absolute atomic E-state index is 13.3. The van der Waals surface area contributed by atoms with Gasteiger partial charge in [0.15, 0.2) is 5.96 Å². The lowest BCUT2D eigenvalue weighted by Gasteiger charge is -2.15. The molecule has 132 valence electrons. The van der Waals surface area contributed by atoms with Gasteiger partial charge in [-0.25, -0.2) is 0 Å². The molecule has 0 aliphatic rings. The number of hydrogen-bond donors (Lipinski definition) is 2. The molecule has 0 aliphatic heterocycles. The Morgan fingerprint density at radius 2 is 1.88 bits per heavy atom. The number of halogens is 3. The molecule has 0 unspecified atom stereocenters. The van der Waals surface area contributed by atoms with E-state index in [-0.39, 0.29) is 23.9 Å². The molecular formula is C17H16F3N3O2. The number of carbonyl (C=O) groups excluding carboxylic acids is 1. The number of carbonyl (C=O) groups is 1. The second kappa shape index (κ2) is 7.69. The van der Waals surface area contributed by atoms with Crippen molar-refractivity contribution < 1.29 is 22.7 Å². The Labute approximate surface area is 142 Å². The monoisotopic (exact) mass is 351 g/mol. The lowest BCUT2D eigenvalue weighted by Crippen LogP contribution is -2.36. The molecule has 0 saturated heterocycles. The van der Waals surface area contributed by atoms with Crippen LogP contribution in [0.5, 0.6) is 5.75 Å². The van der Waals surface area contributed by atoms with E-state index in [1.165, 1.54) is 13.1 Å². The van der Waals surface area contributed by atoms with E-state index in [1.54, 1.807) is 30.3 Å². The number of benzene rings is 2.